The van der Waals surface area contributed by atoms with Crippen LogP contribution in [0.3, 0.4) is 0 Å². The zero-order valence-corrected chi connectivity index (χ0v) is 14.6. The summed E-state index contributed by atoms with van der Waals surface area (Å²) in [6.45, 7) is 2.02. The Bertz CT molecular complexity index is 690. The van der Waals surface area contributed by atoms with Crippen molar-refractivity contribution in [1.82, 2.24) is 4.90 Å². The summed E-state index contributed by atoms with van der Waals surface area (Å²) in [6.07, 6.45) is 0.909. The van der Waals surface area contributed by atoms with Crippen LogP contribution in [0.15, 0.2) is 60.7 Å². The van der Waals surface area contributed by atoms with Gasteiger partial charge in [0.15, 0.2) is 0 Å². The van der Waals surface area contributed by atoms with Crippen LogP contribution in [-0.2, 0) is 14.3 Å². The van der Waals surface area contributed by atoms with Gasteiger partial charge in [-0.1, -0.05) is 60.7 Å². The summed E-state index contributed by atoms with van der Waals surface area (Å²) >= 11 is 0. The van der Waals surface area contributed by atoms with E-state index in [-0.39, 0.29) is 23.8 Å². The van der Waals surface area contributed by atoms with Gasteiger partial charge in [0.05, 0.1) is 7.11 Å². The number of amides is 1. The van der Waals surface area contributed by atoms with E-state index in [0.717, 1.165) is 11.1 Å². The van der Waals surface area contributed by atoms with E-state index >= 15 is 0 Å². The molecule has 1 aliphatic heterocycles. The highest BCUT2D eigenvalue weighted by molar-refractivity contribution is 5.88. The van der Waals surface area contributed by atoms with Crippen molar-refractivity contribution in [3.05, 3.63) is 71.8 Å². The number of ether oxygens (including phenoxy) is 1. The molecule has 4 heteroatoms. The third-order valence-electron chi connectivity index (χ3n) is 4.97. The summed E-state index contributed by atoms with van der Waals surface area (Å²) in [7, 11) is 1.37. The van der Waals surface area contributed by atoms with Gasteiger partial charge < -0.3 is 9.64 Å². The number of carbonyl (C=O) groups is 2. The second-order valence-corrected chi connectivity index (χ2v) is 6.42. The molecule has 1 fully saturated rings. The topological polar surface area (TPSA) is 46.6 Å². The van der Waals surface area contributed by atoms with Gasteiger partial charge in [-0.25, -0.2) is 4.79 Å². The zero-order valence-electron chi connectivity index (χ0n) is 14.6. The Morgan fingerprint density at radius 3 is 2.04 bits per heavy atom. The molecule has 0 bridgehead atoms. The number of carbonyl (C=O) groups excluding carboxylic acids is 2. The molecule has 4 nitrogen and oxygen atoms in total. The van der Waals surface area contributed by atoms with Crippen LogP contribution >= 0.6 is 0 Å². The van der Waals surface area contributed by atoms with Gasteiger partial charge >= 0.3 is 5.97 Å². The van der Waals surface area contributed by atoms with Crippen LogP contribution in [0.4, 0.5) is 0 Å². The van der Waals surface area contributed by atoms with Crippen LogP contribution in [0.1, 0.15) is 36.8 Å². The van der Waals surface area contributed by atoms with E-state index in [1.807, 2.05) is 43.3 Å². The first kappa shape index (κ1) is 17.2. The summed E-state index contributed by atoms with van der Waals surface area (Å²) in [6, 6.07) is 19.6. The SMILES string of the molecule is COC(=O)C1CCC(=O)N1C(C)C(c1ccccc1)c1ccccc1. The molecular formula is C21H23NO3. The van der Waals surface area contributed by atoms with Crippen molar-refractivity contribution in [1.29, 1.82) is 0 Å². The van der Waals surface area contributed by atoms with Crippen molar-refractivity contribution in [3.8, 4) is 0 Å². The van der Waals surface area contributed by atoms with E-state index in [4.69, 9.17) is 4.74 Å². The molecule has 130 valence electrons. The minimum absolute atomic E-state index is 0.00314. The highest BCUT2D eigenvalue weighted by Gasteiger charge is 2.42. The van der Waals surface area contributed by atoms with Crippen molar-refractivity contribution < 1.29 is 14.3 Å². The molecule has 0 radical (unpaired) electrons. The number of methoxy groups -OCH3 is 1. The molecule has 2 unspecified atom stereocenters. The molecule has 1 aliphatic rings. The van der Waals surface area contributed by atoms with Crippen LogP contribution in [0.25, 0.3) is 0 Å². The molecule has 1 heterocycles. The second-order valence-electron chi connectivity index (χ2n) is 6.42. The lowest BCUT2D eigenvalue weighted by atomic mass is 9.84. The lowest BCUT2D eigenvalue weighted by Crippen LogP contribution is -2.47. The van der Waals surface area contributed by atoms with Crippen LogP contribution < -0.4 is 0 Å². The normalized spacial score (nSPS) is 18.4. The Morgan fingerprint density at radius 2 is 1.56 bits per heavy atom. The van der Waals surface area contributed by atoms with Crippen LogP contribution in [0, 0.1) is 0 Å². The van der Waals surface area contributed by atoms with Gasteiger partial charge in [0.1, 0.15) is 6.04 Å². The Morgan fingerprint density at radius 1 is 1.04 bits per heavy atom. The molecule has 0 aromatic heterocycles. The van der Waals surface area contributed by atoms with Crippen molar-refractivity contribution in [2.75, 3.05) is 7.11 Å². The molecule has 3 rings (SSSR count). The average molecular weight is 337 g/mol. The van der Waals surface area contributed by atoms with E-state index in [1.165, 1.54) is 7.11 Å². The van der Waals surface area contributed by atoms with Crippen LogP contribution in [0.2, 0.25) is 0 Å². The third-order valence-corrected chi connectivity index (χ3v) is 4.97. The minimum atomic E-state index is -0.498. The predicted molar refractivity (Wildman–Crippen MR) is 96.1 cm³/mol. The van der Waals surface area contributed by atoms with Crippen molar-refractivity contribution in [2.45, 2.75) is 37.8 Å². The smallest absolute Gasteiger partial charge is 0.328 e. The van der Waals surface area contributed by atoms with Gasteiger partial charge in [-0.05, 0) is 24.5 Å². The number of nitrogens with zero attached hydrogens (tertiary/aromatic N) is 1. The minimum Gasteiger partial charge on any atom is -0.467 e. The predicted octanol–water partition coefficient (Wildman–Crippen LogP) is 3.37. The number of rotatable bonds is 5. The Balaban J connectivity index is 2.01. The first-order valence-electron chi connectivity index (χ1n) is 8.62. The first-order valence-corrected chi connectivity index (χ1v) is 8.62. The van der Waals surface area contributed by atoms with Crippen LogP contribution in [-0.4, -0.2) is 36.0 Å². The van der Waals surface area contributed by atoms with E-state index in [2.05, 4.69) is 24.3 Å². The zero-order chi connectivity index (χ0) is 17.8. The van der Waals surface area contributed by atoms with Gasteiger partial charge in [-0.3, -0.25) is 4.79 Å². The second kappa shape index (κ2) is 7.51. The monoisotopic (exact) mass is 337 g/mol. The molecule has 2 atom stereocenters. The Labute approximate surface area is 148 Å². The van der Waals surface area contributed by atoms with Gasteiger partial charge in [-0.15, -0.1) is 0 Å². The lowest BCUT2D eigenvalue weighted by Gasteiger charge is -2.35. The summed E-state index contributed by atoms with van der Waals surface area (Å²) in [5.74, 6) is -0.325. The van der Waals surface area contributed by atoms with Crippen molar-refractivity contribution >= 4 is 11.9 Å². The highest BCUT2D eigenvalue weighted by Crippen LogP contribution is 2.35. The van der Waals surface area contributed by atoms with Crippen LogP contribution in [0.5, 0.6) is 0 Å². The molecule has 0 spiro atoms. The van der Waals surface area contributed by atoms with Gasteiger partial charge in [0.25, 0.3) is 0 Å². The fourth-order valence-corrected chi connectivity index (χ4v) is 3.81. The van der Waals surface area contributed by atoms with E-state index in [1.54, 1.807) is 4.90 Å². The summed E-state index contributed by atoms with van der Waals surface area (Å²) < 4.78 is 4.92. The fourth-order valence-electron chi connectivity index (χ4n) is 3.81. The average Bonchev–Trinajstić information content (AvgIpc) is 3.04. The summed E-state index contributed by atoms with van der Waals surface area (Å²) in [5.41, 5.74) is 2.26. The maximum atomic E-state index is 12.5. The Hall–Kier alpha value is -2.62. The fraction of sp³-hybridized carbons (Fsp3) is 0.333. The molecule has 2 aromatic carbocycles. The molecular weight excluding hydrogens is 314 g/mol. The third kappa shape index (κ3) is 3.43. The largest absolute Gasteiger partial charge is 0.467 e. The number of benzene rings is 2. The van der Waals surface area contributed by atoms with Gasteiger partial charge in [-0.2, -0.15) is 0 Å². The number of esters is 1. The molecule has 25 heavy (non-hydrogen) atoms. The molecule has 1 saturated heterocycles. The van der Waals surface area contributed by atoms with E-state index in [0.29, 0.717) is 12.8 Å². The van der Waals surface area contributed by atoms with E-state index in [9.17, 15) is 9.59 Å². The molecule has 0 saturated carbocycles. The van der Waals surface area contributed by atoms with Crippen molar-refractivity contribution in [3.63, 3.8) is 0 Å². The Kier molecular flexibility index (Phi) is 5.17. The highest BCUT2D eigenvalue weighted by atomic mass is 16.5. The number of hydrogen-bond acceptors (Lipinski definition) is 3. The maximum Gasteiger partial charge on any atom is 0.328 e. The first-order chi connectivity index (χ1) is 12.1. The summed E-state index contributed by atoms with van der Waals surface area (Å²) in [4.78, 5) is 26.4. The van der Waals surface area contributed by atoms with E-state index < -0.39 is 6.04 Å². The summed E-state index contributed by atoms with van der Waals surface area (Å²) in [5, 5.41) is 0. The van der Waals surface area contributed by atoms with Crippen molar-refractivity contribution in [2.24, 2.45) is 0 Å². The molecule has 0 N–H and O–H groups in total. The molecule has 0 aliphatic carbocycles. The molecule has 1 amide bonds. The maximum absolute atomic E-state index is 12.5. The quantitative estimate of drug-likeness (QED) is 0.786. The standard InChI is InChI=1S/C21H23NO3/c1-15(22-18(21(24)25-2)13-14-19(22)23)20(16-9-5-3-6-10-16)17-11-7-4-8-12-17/h3-12,15,18,20H,13-14H2,1-2H3. The number of hydrogen-bond donors (Lipinski definition) is 0. The number of likely N-dealkylation sites (tertiary alicyclic amines) is 1. The lowest BCUT2D eigenvalue weighted by molar-refractivity contribution is -0.150. The van der Waals surface area contributed by atoms with Gasteiger partial charge in [0, 0.05) is 18.4 Å². The van der Waals surface area contributed by atoms with Gasteiger partial charge in [0.2, 0.25) is 5.91 Å². The molecule has 2 aromatic rings.